The summed E-state index contributed by atoms with van der Waals surface area (Å²) >= 11 is 11.9. The lowest BCUT2D eigenvalue weighted by atomic mass is 10.1. The van der Waals surface area contributed by atoms with Gasteiger partial charge in [-0.3, -0.25) is 19.7 Å². The van der Waals surface area contributed by atoms with Gasteiger partial charge >= 0.3 is 6.03 Å². The summed E-state index contributed by atoms with van der Waals surface area (Å²) in [7, 11) is 1.55. The summed E-state index contributed by atoms with van der Waals surface area (Å²) in [6.45, 7) is -0.228. The van der Waals surface area contributed by atoms with Crippen LogP contribution in [0.4, 0.5) is 16.2 Å². The maximum absolute atomic E-state index is 13.0. The SMILES string of the molecule is COc1ccc(NC(=O)COc2ccc(/C=C3/C(=O)NC(=O)N(c4ccc(Cl)c(Cl)c4)C3=O)cc2)cc1. The minimum atomic E-state index is -0.901. The molecule has 3 aromatic rings. The molecule has 3 aromatic carbocycles. The lowest BCUT2D eigenvalue weighted by molar-refractivity contribution is -0.122. The van der Waals surface area contributed by atoms with Gasteiger partial charge in [-0.05, 0) is 66.2 Å². The standard InChI is InChI=1S/C26H19Cl2N3O6/c1-36-18-9-4-16(5-10-18)29-23(32)14-37-19-7-2-15(3-8-19)12-20-24(33)30-26(35)31(25(20)34)17-6-11-21(27)22(28)13-17/h2-13H,14H2,1H3,(H,29,32)(H,30,33,35)/b20-12-. The number of rotatable bonds is 7. The average molecular weight is 540 g/mol. The molecule has 0 aliphatic carbocycles. The van der Waals surface area contributed by atoms with Crippen molar-refractivity contribution < 1.29 is 28.7 Å². The summed E-state index contributed by atoms with van der Waals surface area (Å²) in [6, 6.07) is 16.6. The van der Waals surface area contributed by atoms with Crippen molar-refractivity contribution in [2.75, 3.05) is 23.9 Å². The number of ether oxygens (including phenoxy) is 2. The number of barbiturate groups is 1. The highest BCUT2D eigenvalue weighted by Gasteiger charge is 2.37. The quantitative estimate of drug-likeness (QED) is 0.332. The van der Waals surface area contributed by atoms with Crippen LogP contribution in [-0.2, 0) is 14.4 Å². The predicted molar refractivity (Wildman–Crippen MR) is 139 cm³/mol. The molecule has 2 N–H and O–H groups in total. The third kappa shape index (κ3) is 6.08. The highest BCUT2D eigenvalue weighted by atomic mass is 35.5. The van der Waals surface area contributed by atoms with Gasteiger partial charge < -0.3 is 14.8 Å². The average Bonchev–Trinajstić information content (AvgIpc) is 2.88. The Balaban J connectivity index is 1.42. The number of halogens is 2. The second-order valence-corrected chi connectivity index (χ2v) is 8.51. The summed E-state index contributed by atoms with van der Waals surface area (Å²) in [5.41, 5.74) is 1.00. The number of carbonyl (C=O) groups excluding carboxylic acids is 4. The zero-order valence-electron chi connectivity index (χ0n) is 19.3. The van der Waals surface area contributed by atoms with Gasteiger partial charge in [-0.15, -0.1) is 0 Å². The van der Waals surface area contributed by atoms with Crippen molar-refractivity contribution in [3.63, 3.8) is 0 Å². The van der Waals surface area contributed by atoms with Gasteiger partial charge in [0.05, 0.1) is 22.8 Å². The van der Waals surface area contributed by atoms with Gasteiger partial charge in [0.1, 0.15) is 17.1 Å². The molecule has 0 bridgehead atoms. The zero-order valence-corrected chi connectivity index (χ0v) is 20.8. The fourth-order valence-electron chi connectivity index (χ4n) is 3.36. The summed E-state index contributed by atoms with van der Waals surface area (Å²) in [5.74, 6) is -0.929. The third-order valence-corrected chi connectivity index (χ3v) is 5.94. The molecule has 11 heteroatoms. The van der Waals surface area contributed by atoms with Crippen molar-refractivity contribution in [2.24, 2.45) is 0 Å². The van der Waals surface area contributed by atoms with Gasteiger partial charge in [0.25, 0.3) is 17.7 Å². The number of urea groups is 1. The molecule has 1 aliphatic rings. The van der Waals surface area contributed by atoms with Crippen LogP contribution in [0.2, 0.25) is 10.0 Å². The maximum Gasteiger partial charge on any atom is 0.335 e. The smallest absolute Gasteiger partial charge is 0.335 e. The first kappa shape index (κ1) is 25.7. The van der Waals surface area contributed by atoms with E-state index in [1.807, 2.05) is 0 Å². The Kier molecular flexibility index (Phi) is 7.76. The van der Waals surface area contributed by atoms with Crippen molar-refractivity contribution in [3.05, 3.63) is 87.9 Å². The maximum atomic E-state index is 13.0. The summed E-state index contributed by atoms with van der Waals surface area (Å²) in [5, 5.41) is 5.25. The van der Waals surface area contributed by atoms with E-state index >= 15 is 0 Å². The van der Waals surface area contributed by atoms with Crippen LogP contribution in [-0.4, -0.2) is 37.5 Å². The molecule has 0 saturated carbocycles. The molecule has 0 radical (unpaired) electrons. The van der Waals surface area contributed by atoms with Crippen LogP contribution in [0.1, 0.15) is 5.56 Å². The Labute approximate surface area is 221 Å². The second kappa shape index (κ2) is 11.2. The molecule has 4 rings (SSSR count). The molecule has 9 nitrogen and oxygen atoms in total. The highest BCUT2D eigenvalue weighted by molar-refractivity contribution is 6.43. The first-order valence-corrected chi connectivity index (χ1v) is 11.5. The van der Waals surface area contributed by atoms with Crippen LogP contribution in [0.3, 0.4) is 0 Å². The van der Waals surface area contributed by atoms with Crippen LogP contribution in [0.15, 0.2) is 72.3 Å². The molecule has 5 amide bonds. The largest absolute Gasteiger partial charge is 0.497 e. The number of nitrogens with one attached hydrogen (secondary N) is 2. The van der Waals surface area contributed by atoms with Crippen molar-refractivity contribution in [3.8, 4) is 11.5 Å². The van der Waals surface area contributed by atoms with Gasteiger partial charge in [-0.1, -0.05) is 35.3 Å². The molecule has 1 saturated heterocycles. The molecule has 0 aromatic heterocycles. The molecular weight excluding hydrogens is 521 g/mol. The Morgan fingerprint density at radius 2 is 1.62 bits per heavy atom. The highest BCUT2D eigenvalue weighted by Crippen LogP contribution is 2.29. The number of hydrogen-bond acceptors (Lipinski definition) is 6. The minimum absolute atomic E-state index is 0.149. The molecule has 188 valence electrons. The molecule has 0 unspecified atom stereocenters. The van der Waals surface area contributed by atoms with Gasteiger partial charge in [0.15, 0.2) is 6.61 Å². The van der Waals surface area contributed by atoms with Gasteiger partial charge in [0.2, 0.25) is 0 Å². The van der Waals surface area contributed by atoms with E-state index in [1.165, 1.54) is 24.3 Å². The van der Waals surface area contributed by atoms with Gasteiger partial charge in [0, 0.05) is 5.69 Å². The van der Waals surface area contributed by atoms with Crippen LogP contribution in [0, 0.1) is 0 Å². The number of hydrogen-bond donors (Lipinski definition) is 2. The van der Waals surface area contributed by atoms with E-state index in [4.69, 9.17) is 32.7 Å². The van der Waals surface area contributed by atoms with Gasteiger partial charge in [-0.25, -0.2) is 9.69 Å². The minimum Gasteiger partial charge on any atom is -0.497 e. The fourth-order valence-corrected chi connectivity index (χ4v) is 3.66. The van der Waals surface area contributed by atoms with E-state index in [1.54, 1.807) is 55.6 Å². The summed E-state index contributed by atoms with van der Waals surface area (Å²) in [6.07, 6.45) is 1.34. The van der Waals surface area contributed by atoms with E-state index in [9.17, 15) is 19.2 Å². The summed E-state index contributed by atoms with van der Waals surface area (Å²) in [4.78, 5) is 50.7. The summed E-state index contributed by atoms with van der Waals surface area (Å²) < 4.78 is 10.6. The second-order valence-electron chi connectivity index (χ2n) is 7.69. The van der Waals surface area contributed by atoms with E-state index in [-0.39, 0.29) is 33.8 Å². The topological polar surface area (TPSA) is 114 Å². The Morgan fingerprint density at radius 3 is 2.27 bits per heavy atom. The molecule has 1 aliphatic heterocycles. The first-order chi connectivity index (χ1) is 17.7. The Morgan fingerprint density at radius 1 is 0.946 bits per heavy atom. The van der Waals surface area contributed by atoms with Crippen molar-refractivity contribution in [2.45, 2.75) is 0 Å². The van der Waals surface area contributed by atoms with Crippen LogP contribution in [0.5, 0.6) is 11.5 Å². The Hall–Kier alpha value is -4.34. The van der Waals surface area contributed by atoms with E-state index in [2.05, 4.69) is 10.6 Å². The van der Waals surface area contributed by atoms with Crippen LogP contribution < -0.4 is 25.0 Å². The fraction of sp³-hybridized carbons (Fsp3) is 0.0769. The van der Waals surface area contributed by atoms with Crippen LogP contribution >= 0.6 is 23.2 Å². The van der Waals surface area contributed by atoms with Crippen molar-refractivity contribution in [1.29, 1.82) is 0 Å². The monoisotopic (exact) mass is 539 g/mol. The van der Waals surface area contributed by atoms with E-state index < -0.39 is 17.8 Å². The zero-order chi connectivity index (χ0) is 26.5. The van der Waals surface area contributed by atoms with Crippen molar-refractivity contribution in [1.82, 2.24) is 5.32 Å². The lowest BCUT2D eigenvalue weighted by Crippen LogP contribution is -2.54. The molecule has 37 heavy (non-hydrogen) atoms. The van der Waals surface area contributed by atoms with Crippen LogP contribution in [0.25, 0.3) is 6.08 Å². The molecule has 1 heterocycles. The molecular formula is C26H19Cl2N3O6. The molecule has 1 fully saturated rings. The lowest BCUT2D eigenvalue weighted by Gasteiger charge is -2.26. The number of methoxy groups -OCH3 is 1. The van der Waals surface area contributed by atoms with E-state index in [0.717, 1.165) is 4.90 Å². The molecule has 0 spiro atoms. The van der Waals surface area contributed by atoms with Gasteiger partial charge in [-0.2, -0.15) is 0 Å². The molecule has 0 atom stereocenters. The number of imide groups is 2. The van der Waals surface area contributed by atoms with E-state index in [0.29, 0.717) is 22.7 Å². The first-order valence-electron chi connectivity index (χ1n) is 10.8. The third-order valence-electron chi connectivity index (χ3n) is 5.20. The predicted octanol–water partition coefficient (Wildman–Crippen LogP) is 4.69. The Bertz CT molecular complexity index is 1400. The number of benzene rings is 3. The number of carbonyl (C=O) groups is 4. The number of nitrogens with zero attached hydrogens (tertiary/aromatic N) is 1. The number of anilines is 2. The number of amides is 5. The normalized spacial score (nSPS) is 14.4. The van der Waals surface area contributed by atoms with Crippen molar-refractivity contribution >= 4 is 64.4 Å².